The Kier molecular flexibility index (Phi) is 6.05. The summed E-state index contributed by atoms with van der Waals surface area (Å²) in [6.07, 6.45) is 7.07. The standard InChI is InChI=1S/C14H24N2O2/c1-3-9-16(10-13(15)11(2)17)14(18)12-7-5-4-6-8-12/h3,12-13H,1,4-10,15H2,2H3. The lowest BCUT2D eigenvalue weighted by Gasteiger charge is -2.29. The second-order valence-electron chi connectivity index (χ2n) is 5.08. The molecule has 0 aromatic carbocycles. The molecule has 0 aromatic heterocycles. The minimum absolute atomic E-state index is 0.0829. The van der Waals surface area contributed by atoms with E-state index in [2.05, 4.69) is 6.58 Å². The van der Waals surface area contributed by atoms with Crippen molar-refractivity contribution in [2.45, 2.75) is 45.1 Å². The molecule has 0 aromatic rings. The molecule has 0 radical (unpaired) electrons. The van der Waals surface area contributed by atoms with Crippen LogP contribution in [0.5, 0.6) is 0 Å². The summed E-state index contributed by atoms with van der Waals surface area (Å²) in [5, 5.41) is 0. The van der Waals surface area contributed by atoms with Gasteiger partial charge in [0.05, 0.1) is 6.04 Å². The van der Waals surface area contributed by atoms with E-state index >= 15 is 0 Å². The fourth-order valence-electron chi connectivity index (χ4n) is 2.38. The van der Waals surface area contributed by atoms with Crippen LogP contribution in [0.15, 0.2) is 12.7 Å². The highest BCUT2D eigenvalue weighted by molar-refractivity contribution is 5.83. The van der Waals surface area contributed by atoms with Crippen LogP contribution < -0.4 is 5.73 Å². The first kappa shape index (κ1) is 14.9. The number of amides is 1. The third kappa shape index (κ3) is 4.26. The van der Waals surface area contributed by atoms with Crippen molar-refractivity contribution >= 4 is 11.7 Å². The van der Waals surface area contributed by atoms with Gasteiger partial charge in [0.1, 0.15) is 5.78 Å². The third-order valence-electron chi connectivity index (χ3n) is 3.55. The van der Waals surface area contributed by atoms with E-state index in [-0.39, 0.29) is 17.6 Å². The highest BCUT2D eigenvalue weighted by Gasteiger charge is 2.26. The Hall–Kier alpha value is -1.16. The lowest BCUT2D eigenvalue weighted by Crippen LogP contribution is -2.46. The largest absolute Gasteiger partial charge is 0.337 e. The molecule has 0 saturated heterocycles. The summed E-state index contributed by atoms with van der Waals surface area (Å²) in [7, 11) is 0. The molecule has 0 spiro atoms. The van der Waals surface area contributed by atoms with Crippen molar-refractivity contribution in [1.82, 2.24) is 4.90 Å². The second kappa shape index (κ2) is 7.31. The highest BCUT2D eigenvalue weighted by atomic mass is 16.2. The zero-order valence-corrected chi connectivity index (χ0v) is 11.2. The molecule has 18 heavy (non-hydrogen) atoms. The molecule has 1 rings (SSSR count). The van der Waals surface area contributed by atoms with Crippen LogP contribution in [-0.4, -0.2) is 35.7 Å². The summed E-state index contributed by atoms with van der Waals surface area (Å²) >= 11 is 0. The Morgan fingerprint density at radius 1 is 1.39 bits per heavy atom. The normalized spacial score (nSPS) is 18.1. The van der Waals surface area contributed by atoms with Crippen molar-refractivity contribution < 1.29 is 9.59 Å². The molecular weight excluding hydrogens is 228 g/mol. The topological polar surface area (TPSA) is 63.4 Å². The average Bonchev–Trinajstić information content (AvgIpc) is 2.38. The monoisotopic (exact) mass is 252 g/mol. The fourth-order valence-corrected chi connectivity index (χ4v) is 2.38. The smallest absolute Gasteiger partial charge is 0.226 e. The first-order valence-corrected chi connectivity index (χ1v) is 6.72. The quantitative estimate of drug-likeness (QED) is 0.729. The van der Waals surface area contributed by atoms with Gasteiger partial charge in [-0.25, -0.2) is 0 Å². The molecular formula is C14H24N2O2. The Balaban J connectivity index is 2.61. The Bertz CT molecular complexity index is 309. The number of Topliss-reactive ketones (excluding diaryl/α,β-unsaturated/α-hetero) is 1. The van der Waals surface area contributed by atoms with Gasteiger partial charge in [-0.15, -0.1) is 6.58 Å². The van der Waals surface area contributed by atoms with Gasteiger partial charge in [0.25, 0.3) is 0 Å². The van der Waals surface area contributed by atoms with Gasteiger partial charge < -0.3 is 10.6 Å². The molecule has 102 valence electrons. The molecule has 4 heteroatoms. The Morgan fingerprint density at radius 3 is 2.50 bits per heavy atom. The molecule has 1 aliphatic carbocycles. The number of hydrogen-bond donors (Lipinski definition) is 1. The van der Waals surface area contributed by atoms with E-state index < -0.39 is 6.04 Å². The first-order chi connectivity index (χ1) is 8.56. The van der Waals surface area contributed by atoms with Gasteiger partial charge in [-0.05, 0) is 19.8 Å². The summed E-state index contributed by atoms with van der Waals surface area (Å²) in [4.78, 5) is 25.2. The van der Waals surface area contributed by atoms with Gasteiger partial charge >= 0.3 is 0 Å². The van der Waals surface area contributed by atoms with Crippen LogP contribution in [0.2, 0.25) is 0 Å². The summed E-state index contributed by atoms with van der Waals surface area (Å²) in [6.45, 7) is 5.89. The molecule has 1 fully saturated rings. The predicted molar refractivity (Wildman–Crippen MR) is 72.0 cm³/mol. The molecule has 0 heterocycles. The lowest BCUT2D eigenvalue weighted by atomic mass is 9.88. The SMILES string of the molecule is C=CCN(CC(N)C(C)=O)C(=O)C1CCCCC1. The molecule has 1 atom stereocenters. The lowest BCUT2D eigenvalue weighted by molar-refractivity contribution is -0.136. The summed E-state index contributed by atoms with van der Waals surface area (Å²) in [5.41, 5.74) is 5.74. The molecule has 1 unspecified atom stereocenters. The van der Waals surface area contributed by atoms with E-state index in [1.165, 1.54) is 13.3 Å². The number of nitrogens with two attached hydrogens (primary N) is 1. The van der Waals surface area contributed by atoms with Crippen LogP contribution in [0.4, 0.5) is 0 Å². The Morgan fingerprint density at radius 2 is 2.00 bits per heavy atom. The average molecular weight is 252 g/mol. The maximum Gasteiger partial charge on any atom is 0.226 e. The van der Waals surface area contributed by atoms with Gasteiger partial charge in [-0.1, -0.05) is 25.3 Å². The van der Waals surface area contributed by atoms with Gasteiger partial charge in [0, 0.05) is 19.0 Å². The molecule has 0 aliphatic heterocycles. The van der Waals surface area contributed by atoms with Crippen molar-refractivity contribution in [3.05, 3.63) is 12.7 Å². The zero-order valence-electron chi connectivity index (χ0n) is 11.2. The number of carbonyl (C=O) groups is 2. The van der Waals surface area contributed by atoms with Crippen molar-refractivity contribution in [3.63, 3.8) is 0 Å². The van der Waals surface area contributed by atoms with Crippen molar-refractivity contribution in [3.8, 4) is 0 Å². The van der Waals surface area contributed by atoms with Crippen LogP contribution in [-0.2, 0) is 9.59 Å². The van der Waals surface area contributed by atoms with Crippen molar-refractivity contribution in [2.75, 3.05) is 13.1 Å². The molecule has 0 bridgehead atoms. The minimum Gasteiger partial charge on any atom is -0.337 e. The molecule has 1 amide bonds. The molecule has 1 saturated carbocycles. The summed E-state index contributed by atoms with van der Waals surface area (Å²) in [6, 6.07) is -0.586. The van der Waals surface area contributed by atoms with Crippen LogP contribution in [0, 0.1) is 5.92 Å². The summed E-state index contributed by atoms with van der Waals surface area (Å²) in [5.74, 6) is 0.157. The van der Waals surface area contributed by atoms with Gasteiger partial charge in [-0.2, -0.15) is 0 Å². The minimum atomic E-state index is -0.586. The van der Waals surface area contributed by atoms with Crippen molar-refractivity contribution in [1.29, 1.82) is 0 Å². The van der Waals surface area contributed by atoms with E-state index in [4.69, 9.17) is 5.73 Å². The number of rotatable bonds is 6. The number of nitrogens with zero attached hydrogens (tertiary/aromatic N) is 1. The predicted octanol–water partition coefficient (Wildman–Crippen LogP) is 1.50. The van der Waals surface area contributed by atoms with E-state index in [0.717, 1.165) is 25.7 Å². The first-order valence-electron chi connectivity index (χ1n) is 6.72. The van der Waals surface area contributed by atoms with Crippen LogP contribution in [0.1, 0.15) is 39.0 Å². The second-order valence-corrected chi connectivity index (χ2v) is 5.08. The number of carbonyl (C=O) groups excluding carboxylic acids is 2. The molecule has 4 nitrogen and oxygen atoms in total. The van der Waals surface area contributed by atoms with Gasteiger partial charge in [0.2, 0.25) is 5.91 Å². The van der Waals surface area contributed by atoms with E-state index in [9.17, 15) is 9.59 Å². The third-order valence-corrected chi connectivity index (χ3v) is 3.55. The van der Waals surface area contributed by atoms with Crippen LogP contribution >= 0.6 is 0 Å². The number of ketones is 1. The van der Waals surface area contributed by atoms with E-state index in [0.29, 0.717) is 13.1 Å². The maximum absolute atomic E-state index is 12.4. The van der Waals surface area contributed by atoms with E-state index in [1.807, 2.05) is 0 Å². The van der Waals surface area contributed by atoms with Gasteiger partial charge in [-0.3, -0.25) is 9.59 Å². The molecule has 1 aliphatic rings. The zero-order chi connectivity index (χ0) is 13.5. The Labute approximate surface area is 109 Å². The van der Waals surface area contributed by atoms with E-state index in [1.54, 1.807) is 11.0 Å². The van der Waals surface area contributed by atoms with Crippen LogP contribution in [0.3, 0.4) is 0 Å². The number of hydrogen-bond acceptors (Lipinski definition) is 3. The fraction of sp³-hybridized carbons (Fsp3) is 0.714. The maximum atomic E-state index is 12.4. The molecule has 2 N–H and O–H groups in total. The highest BCUT2D eigenvalue weighted by Crippen LogP contribution is 2.25. The summed E-state index contributed by atoms with van der Waals surface area (Å²) < 4.78 is 0. The van der Waals surface area contributed by atoms with Crippen LogP contribution in [0.25, 0.3) is 0 Å². The van der Waals surface area contributed by atoms with Crippen molar-refractivity contribution in [2.24, 2.45) is 11.7 Å². The van der Waals surface area contributed by atoms with Gasteiger partial charge in [0.15, 0.2) is 0 Å².